The Kier molecular flexibility index (Phi) is 10.1. The summed E-state index contributed by atoms with van der Waals surface area (Å²) in [6.07, 6.45) is 23.3. The van der Waals surface area contributed by atoms with Crippen LogP contribution in [0.3, 0.4) is 0 Å². The fourth-order valence-electron chi connectivity index (χ4n) is 4.83. The smallest absolute Gasteiger partial charge is 0.0494 e. The Morgan fingerprint density at radius 3 is 2.08 bits per heavy atom. The van der Waals surface area contributed by atoms with Gasteiger partial charge in [0.1, 0.15) is 0 Å². The van der Waals surface area contributed by atoms with Gasteiger partial charge in [-0.3, -0.25) is 0 Å². The number of hydrogen-bond acceptors (Lipinski definition) is 1. The van der Waals surface area contributed by atoms with E-state index in [-0.39, 0.29) is 0 Å². The summed E-state index contributed by atoms with van der Waals surface area (Å²) in [6, 6.07) is 0. The number of unbranched alkanes of at least 4 members (excludes halogenated alkanes) is 3. The highest BCUT2D eigenvalue weighted by Crippen LogP contribution is 2.41. The average molecular weight is 335 g/mol. The minimum absolute atomic E-state index is 0.857. The maximum absolute atomic E-state index is 5.77. The molecular weight excluding hydrogens is 292 g/mol. The summed E-state index contributed by atoms with van der Waals surface area (Å²) >= 11 is 0. The third-order valence-electron chi connectivity index (χ3n) is 6.46. The van der Waals surface area contributed by atoms with Gasteiger partial charge in [0.25, 0.3) is 0 Å². The molecule has 0 radical (unpaired) electrons. The Morgan fingerprint density at radius 2 is 1.46 bits per heavy atom. The lowest BCUT2D eigenvalue weighted by Crippen LogP contribution is -2.26. The van der Waals surface area contributed by atoms with Crippen molar-refractivity contribution < 1.29 is 4.74 Å². The lowest BCUT2D eigenvalue weighted by Gasteiger charge is -2.37. The third kappa shape index (κ3) is 7.30. The van der Waals surface area contributed by atoms with E-state index in [0.29, 0.717) is 0 Å². The molecule has 140 valence electrons. The SMILES string of the molecule is CCCCCC=C[C@H]1CC[C@H]([C@H]2CC[C@H](COCCC)CC2)CC1. The molecule has 0 spiro atoms. The van der Waals surface area contributed by atoms with Crippen LogP contribution in [-0.2, 0) is 4.74 Å². The Labute approximate surface area is 151 Å². The normalized spacial score (nSPS) is 31.6. The first kappa shape index (κ1) is 20.0. The van der Waals surface area contributed by atoms with Crippen molar-refractivity contribution in [3.63, 3.8) is 0 Å². The van der Waals surface area contributed by atoms with Crippen LogP contribution in [0, 0.1) is 23.7 Å². The average Bonchev–Trinajstić information content (AvgIpc) is 2.63. The van der Waals surface area contributed by atoms with E-state index in [1.807, 2.05) is 0 Å². The van der Waals surface area contributed by atoms with Crippen molar-refractivity contribution in [2.75, 3.05) is 13.2 Å². The Bertz CT molecular complexity index is 319. The fraction of sp³-hybridized carbons (Fsp3) is 0.913. The minimum Gasteiger partial charge on any atom is -0.381 e. The highest BCUT2D eigenvalue weighted by atomic mass is 16.5. The Balaban J connectivity index is 1.58. The molecule has 2 saturated carbocycles. The molecule has 1 nitrogen and oxygen atoms in total. The van der Waals surface area contributed by atoms with E-state index in [0.717, 1.165) is 43.3 Å². The van der Waals surface area contributed by atoms with Crippen LogP contribution >= 0.6 is 0 Å². The van der Waals surface area contributed by atoms with E-state index in [2.05, 4.69) is 26.0 Å². The summed E-state index contributed by atoms with van der Waals surface area (Å²) in [4.78, 5) is 0. The predicted octanol–water partition coefficient (Wildman–Crippen LogP) is 7.16. The standard InChI is InChI=1S/C23H42O/c1-3-5-6-7-8-9-20-10-14-22(15-11-20)23-16-12-21(13-17-23)19-24-18-4-2/h8-9,20-23H,3-7,10-19H2,1-2H3/t20-,21-,22-,23-. The molecule has 24 heavy (non-hydrogen) atoms. The van der Waals surface area contributed by atoms with Crippen LogP contribution in [0.25, 0.3) is 0 Å². The monoisotopic (exact) mass is 334 g/mol. The molecule has 2 aliphatic carbocycles. The summed E-state index contributed by atoms with van der Waals surface area (Å²) in [5.41, 5.74) is 0. The Morgan fingerprint density at radius 1 is 0.792 bits per heavy atom. The minimum atomic E-state index is 0.857. The molecule has 0 aromatic carbocycles. The van der Waals surface area contributed by atoms with Crippen LogP contribution in [-0.4, -0.2) is 13.2 Å². The van der Waals surface area contributed by atoms with Crippen molar-refractivity contribution >= 4 is 0 Å². The zero-order valence-corrected chi connectivity index (χ0v) is 16.5. The molecule has 0 saturated heterocycles. The third-order valence-corrected chi connectivity index (χ3v) is 6.46. The summed E-state index contributed by atoms with van der Waals surface area (Å²) in [7, 11) is 0. The van der Waals surface area contributed by atoms with E-state index in [1.165, 1.54) is 77.0 Å². The number of rotatable bonds is 10. The quantitative estimate of drug-likeness (QED) is 0.304. The maximum Gasteiger partial charge on any atom is 0.0494 e. The van der Waals surface area contributed by atoms with Crippen molar-refractivity contribution in [2.24, 2.45) is 23.7 Å². The molecule has 0 bridgehead atoms. The largest absolute Gasteiger partial charge is 0.381 e. The second kappa shape index (κ2) is 12.1. The number of ether oxygens (including phenoxy) is 1. The molecular formula is C23H42O. The van der Waals surface area contributed by atoms with Gasteiger partial charge in [0.15, 0.2) is 0 Å². The molecule has 2 fully saturated rings. The van der Waals surface area contributed by atoms with Gasteiger partial charge in [-0.1, -0.05) is 38.8 Å². The maximum atomic E-state index is 5.77. The molecule has 2 aliphatic rings. The first-order chi connectivity index (χ1) is 11.8. The number of hydrogen-bond donors (Lipinski definition) is 0. The molecule has 1 heteroatoms. The molecule has 0 aliphatic heterocycles. The summed E-state index contributed by atoms with van der Waals surface area (Å²) in [5, 5.41) is 0. The van der Waals surface area contributed by atoms with E-state index < -0.39 is 0 Å². The van der Waals surface area contributed by atoms with Crippen LogP contribution in [0.4, 0.5) is 0 Å². The topological polar surface area (TPSA) is 9.23 Å². The van der Waals surface area contributed by atoms with Gasteiger partial charge in [0, 0.05) is 13.2 Å². The number of allylic oxidation sites excluding steroid dienone is 2. The van der Waals surface area contributed by atoms with Gasteiger partial charge in [-0.15, -0.1) is 0 Å². The van der Waals surface area contributed by atoms with E-state index in [4.69, 9.17) is 4.74 Å². The zero-order valence-electron chi connectivity index (χ0n) is 16.5. The molecule has 0 aromatic rings. The van der Waals surface area contributed by atoms with Gasteiger partial charge in [-0.25, -0.2) is 0 Å². The van der Waals surface area contributed by atoms with Gasteiger partial charge in [-0.2, -0.15) is 0 Å². The molecule has 0 N–H and O–H groups in total. The highest BCUT2D eigenvalue weighted by molar-refractivity contribution is 4.92. The molecule has 0 amide bonds. The van der Waals surface area contributed by atoms with Crippen molar-refractivity contribution in [3.05, 3.63) is 12.2 Å². The fourth-order valence-corrected chi connectivity index (χ4v) is 4.83. The van der Waals surface area contributed by atoms with E-state index in [1.54, 1.807) is 0 Å². The van der Waals surface area contributed by atoms with Gasteiger partial charge in [0.05, 0.1) is 0 Å². The van der Waals surface area contributed by atoms with Crippen LogP contribution < -0.4 is 0 Å². The van der Waals surface area contributed by atoms with Crippen molar-refractivity contribution in [1.82, 2.24) is 0 Å². The predicted molar refractivity (Wildman–Crippen MR) is 105 cm³/mol. The van der Waals surface area contributed by atoms with E-state index >= 15 is 0 Å². The summed E-state index contributed by atoms with van der Waals surface area (Å²) in [6.45, 7) is 6.47. The first-order valence-corrected chi connectivity index (χ1v) is 11.1. The Hall–Kier alpha value is -0.300. The molecule has 2 rings (SSSR count). The van der Waals surface area contributed by atoms with Crippen LogP contribution in [0.2, 0.25) is 0 Å². The molecule has 0 atom stereocenters. The van der Waals surface area contributed by atoms with Gasteiger partial charge in [0.2, 0.25) is 0 Å². The van der Waals surface area contributed by atoms with Crippen LogP contribution in [0.1, 0.15) is 97.3 Å². The lowest BCUT2D eigenvalue weighted by molar-refractivity contribution is 0.0662. The molecule has 0 unspecified atom stereocenters. The van der Waals surface area contributed by atoms with Crippen LogP contribution in [0.5, 0.6) is 0 Å². The molecule has 0 aromatic heterocycles. The van der Waals surface area contributed by atoms with E-state index in [9.17, 15) is 0 Å². The van der Waals surface area contributed by atoms with Crippen molar-refractivity contribution in [1.29, 1.82) is 0 Å². The van der Waals surface area contributed by atoms with Gasteiger partial charge in [-0.05, 0) is 94.3 Å². The first-order valence-electron chi connectivity index (χ1n) is 11.1. The van der Waals surface area contributed by atoms with Gasteiger partial charge < -0.3 is 4.74 Å². The second-order valence-electron chi connectivity index (χ2n) is 8.45. The summed E-state index contributed by atoms with van der Waals surface area (Å²) in [5.74, 6) is 3.81. The second-order valence-corrected chi connectivity index (χ2v) is 8.45. The highest BCUT2D eigenvalue weighted by Gasteiger charge is 2.30. The lowest BCUT2D eigenvalue weighted by atomic mass is 9.69. The van der Waals surface area contributed by atoms with Crippen LogP contribution in [0.15, 0.2) is 12.2 Å². The molecule has 0 heterocycles. The van der Waals surface area contributed by atoms with Gasteiger partial charge >= 0.3 is 0 Å². The zero-order chi connectivity index (χ0) is 17.0. The van der Waals surface area contributed by atoms with Crippen molar-refractivity contribution in [2.45, 2.75) is 97.3 Å². The summed E-state index contributed by atoms with van der Waals surface area (Å²) < 4.78 is 5.77. The van der Waals surface area contributed by atoms with Crippen molar-refractivity contribution in [3.8, 4) is 0 Å².